The molecule has 9 nitrogen and oxygen atoms in total. The topological polar surface area (TPSA) is 131 Å². The zero-order valence-corrected chi connectivity index (χ0v) is 16.9. The van der Waals surface area contributed by atoms with Gasteiger partial charge in [-0.15, -0.1) is 0 Å². The normalized spacial score (nSPS) is 13.5. The zero-order chi connectivity index (χ0) is 20.6. The van der Waals surface area contributed by atoms with Gasteiger partial charge in [-0.2, -0.15) is 0 Å². The van der Waals surface area contributed by atoms with Gasteiger partial charge in [0.15, 0.2) is 15.4 Å². The number of aromatic nitrogens is 3. The van der Waals surface area contributed by atoms with Crippen molar-refractivity contribution in [1.29, 1.82) is 0 Å². The van der Waals surface area contributed by atoms with E-state index in [1.165, 1.54) is 0 Å². The molecule has 2 N–H and O–H groups in total. The van der Waals surface area contributed by atoms with Crippen molar-refractivity contribution in [3.63, 3.8) is 0 Å². The minimum atomic E-state index is -3.29. The summed E-state index contributed by atoms with van der Waals surface area (Å²) in [6, 6.07) is 0. The standard InChI is InChI=1S/C18H23N3O6S/c1-4-21-11-8-6-7-10-14(15(11)19-12(21)9-28(25,26)5-2)20-17(23)13(16(10)22)18(24)27-3/h4-9H2,1-3H3,(H2,20,22,23). The zero-order valence-electron chi connectivity index (χ0n) is 16.0. The number of fused-ring (bicyclic) bond motifs is 3. The summed E-state index contributed by atoms with van der Waals surface area (Å²) in [5.41, 5.74) is 0.774. The predicted octanol–water partition coefficient (Wildman–Crippen LogP) is 1.17. The van der Waals surface area contributed by atoms with Gasteiger partial charge in [0.05, 0.1) is 12.8 Å². The summed E-state index contributed by atoms with van der Waals surface area (Å²) in [6.45, 7) is 4.01. The maximum absolute atomic E-state index is 12.4. The molecular formula is C18H23N3O6S. The van der Waals surface area contributed by atoms with Crippen molar-refractivity contribution in [2.45, 2.75) is 45.4 Å². The Labute approximate surface area is 162 Å². The second kappa shape index (κ2) is 7.42. The number of aromatic hydroxyl groups is 1. The number of ether oxygens (including phenoxy) is 1. The Morgan fingerprint density at radius 1 is 1.32 bits per heavy atom. The summed E-state index contributed by atoms with van der Waals surface area (Å²) in [7, 11) is -2.16. The van der Waals surface area contributed by atoms with E-state index in [1.807, 2.05) is 11.5 Å². The van der Waals surface area contributed by atoms with Crippen LogP contribution in [0.1, 0.15) is 47.7 Å². The summed E-state index contributed by atoms with van der Waals surface area (Å²) in [5.74, 6) is -1.12. The summed E-state index contributed by atoms with van der Waals surface area (Å²) >= 11 is 0. The van der Waals surface area contributed by atoms with E-state index in [9.17, 15) is 23.1 Å². The van der Waals surface area contributed by atoms with Crippen LogP contribution in [0.15, 0.2) is 4.79 Å². The molecule has 1 aliphatic rings. The van der Waals surface area contributed by atoms with E-state index in [1.54, 1.807) is 6.92 Å². The number of imidazole rings is 1. The first kappa shape index (κ1) is 20.1. The van der Waals surface area contributed by atoms with Gasteiger partial charge in [-0.25, -0.2) is 18.2 Å². The molecule has 0 fully saturated rings. The lowest BCUT2D eigenvalue weighted by molar-refractivity contribution is 0.0595. The summed E-state index contributed by atoms with van der Waals surface area (Å²) in [4.78, 5) is 31.5. The highest BCUT2D eigenvalue weighted by atomic mass is 32.2. The molecule has 1 aliphatic carbocycles. The van der Waals surface area contributed by atoms with E-state index in [0.29, 0.717) is 48.6 Å². The Bertz CT molecular complexity index is 1100. The number of methoxy groups -OCH3 is 1. The fraction of sp³-hybridized carbons (Fsp3) is 0.500. The van der Waals surface area contributed by atoms with Gasteiger partial charge < -0.3 is 19.4 Å². The number of carbonyl (C=O) groups excluding carboxylic acids is 1. The first-order valence-electron chi connectivity index (χ1n) is 9.09. The number of carbonyl (C=O) groups is 1. The largest absolute Gasteiger partial charge is 0.506 e. The van der Waals surface area contributed by atoms with Crippen molar-refractivity contribution in [3.05, 3.63) is 33.0 Å². The molecule has 2 heterocycles. The van der Waals surface area contributed by atoms with E-state index in [0.717, 1.165) is 12.8 Å². The number of hydrogen-bond acceptors (Lipinski definition) is 7. The lowest BCUT2D eigenvalue weighted by Gasteiger charge is -2.10. The molecule has 0 radical (unpaired) electrons. The summed E-state index contributed by atoms with van der Waals surface area (Å²) < 4.78 is 30.7. The number of nitrogens with zero attached hydrogens (tertiary/aromatic N) is 2. The number of rotatable bonds is 5. The first-order chi connectivity index (χ1) is 13.2. The lowest BCUT2D eigenvalue weighted by Crippen LogP contribution is -2.21. The smallest absolute Gasteiger partial charge is 0.347 e. The minimum absolute atomic E-state index is 0.00490. The summed E-state index contributed by atoms with van der Waals surface area (Å²) in [5, 5.41) is 10.6. The Kier molecular flexibility index (Phi) is 5.33. The van der Waals surface area contributed by atoms with Gasteiger partial charge >= 0.3 is 5.97 Å². The maximum atomic E-state index is 12.4. The molecule has 0 bridgehead atoms. The third-order valence-electron chi connectivity index (χ3n) is 5.01. The Hall–Kier alpha value is -2.62. The van der Waals surface area contributed by atoms with Gasteiger partial charge in [0.25, 0.3) is 5.56 Å². The SMILES string of the molecule is CCn1c(CS(=O)(=O)CC)nc2c1CCCc1c-2[nH]c(=O)c(C(=O)OC)c1O. The number of nitrogens with one attached hydrogen (secondary N) is 1. The number of sulfone groups is 1. The average Bonchev–Trinajstić information content (AvgIpc) is 2.89. The van der Waals surface area contributed by atoms with E-state index in [2.05, 4.69) is 14.7 Å². The molecule has 0 aromatic carbocycles. The van der Waals surface area contributed by atoms with Gasteiger partial charge in [-0.1, -0.05) is 6.92 Å². The van der Waals surface area contributed by atoms with Crippen molar-refractivity contribution in [1.82, 2.24) is 14.5 Å². The van der Waals surface area contributed by atoms with Crippen LogP contribution in [0, 0.1) is 0 Å². The molecule has 10 heteroatoms. The second-order valence-corrected chi connectivity index (χ2v) is 8.97. The highest BCUT2D eigenvalue weighted by molar-refractivity contribution is 7.90. The third kappa shape index (κ3) is 3.32. The highest BCUT2D eigenvalue weighted by Crippen LogP contribution is 2.36. The van der Waals surface area contributed by atoms with Gasteiger partial charge in [-0.3, -0.25) is 4.79 Å². The molecule has 0 saturated carbocycles. The fourth-order valence-corrected chi connectivity index (χ4v) is 4.39. The van der Waals surface area contributed by atoms with Crippen molar-refractivity contribution in [2.75, 3.05) is 12.9 Å². The fourth-order valence-electron chi connectivity index (χ4n) is 3.57. The van der Waals surface area contributed by atoms with Crippen LogP contribution in [-0.4, -0.2) is 46.9 Å². The quantitative estimate of drug-likeness (QED) is 0.709. The molecule has 0 atom stereocenters. The van der Waals surface area contributed by atoms with Crippen molar-refractivity contribution < 1.29 is 23.1 Å². The Morgan fingerprint density at radius 2 is 2.04 bits per heavy atom. The molecule has 2 aromatic rings. The van der Waals surface area contributed by atoms with Crippen LogP contribution < -0.4 is 5.56 Å². The molecular weight excluding hydrogens is 386 g/mol. The molecule has 0 amide bonds. The number of aromatic amines is 1. The maximum Gasteiger partial charge on any atom is 0.347 e. The summed E-state index contributed by atoms with van der Waals surface area (Å²) in [6.07, 6.45) is 1.68. The monoisotopic (exact) mass is 409 g/mol. The average molecular weight is 409 g/mol. The number of hydrogen-bond donors (Lipinski definition) is 2. The van der Waals surface area contributed by atoms with Crippen LogP contribution in [0.3, 0.4) is 0 Å². The second-order valence-electron chi connectivity index (χ2n) is 6.62. The van der Waals surface area contributed by atoms with Crippen LogP contribution in [-0.2, 0) is 39.7 Å². The van der Waals surface area contributed by atoms with Crippen molar-refractivity contribution in [3.8, 4) is 17.1 Å². The van der Waals surface area contributed by atoms with Crippen LogP contribution in [0.25, 0.3) is 11.4 Å². The number of H-pyrrole nitrogens is 1. The molecule has 0 unspecified atom stereocenters. The molecule has 0 saturated heterocycles. The van der Waals surface area contributed by atoms with Crippen molar-refractivity contribution in [2.24, 2.45) is 0 Å². The van der Waals surface area contributed by atoms with Crippen LogP contribution >= 0.6 is 0 Å². The van der Waals surface area contributed by atoms with E-state index in [4.69, 9.17) is 0 Å². The van der Waals surface area contributed by atoms with Crippen LogP contribution in [0.4, 0.5) is 0 Å². The third-order valence-corrected chi connectivity index (χ3v) is 6.59. The van der Waals surface area contributed by atoms with Gasteiger partial charge in [0.2, 0.25) is 0 Å². The predicted molar refractivity (Wildman–Crippen MR) is 102 cm³/mol. The molecule has 2 aromatic heterocycles. The van der Waals surface area contributed by atoms with Crippen LogP contribution in [0.2, 0.25) is 0 Å². The van der Waals surface area contributed by atoms with Crippen LogP contribution in [0.5, 0.6) is 5.75 Å². The van der Waals surface area contributed by atoms with E-state index in [-0.39, 0.29) is 11.5 Å². The number of pyridine rings is 1. The molecule has 3 rings (SSSR count). The van der Waals surface area contributed by atoms with E-state index < -0.39 is 32.7 Å². The van der Waals surface area contributed by atoms with Gasteiger partial charge in [0, 0.05) is 23.6 Å². The van der Waals surface area contributed by atoms with Crippen molar-refractivity contribution >= 4 is 15.8 Å². The molecule has 28 heavy (non-hydrogen) atoms. The number of esters is 1. The Morgan fingerprint density at radius 3 is 2.64 bits per heavy atom. The highest BCUT2D eigenvalue weighted by Gasteiger charge is 2.30. The van der Waals surface area contributed by atoms with Gasteiger partial charge in [-0.05, 0) is 26.2 Å². The Balaban J connectivity index is 2.25. The first-order valence-corrected chi connectivity index (χ1v) is 10.9. The lowest BCUT2D eigenvalue weighted by atomic mass is 10.0. The van der Waals surface area contributed by atoms with Gasteiger partial charge in [0.1, 0.15) is 23.0 Å². The molecule has 152 valence electrons. The molecule has 0 aliphatic heterocycles. The molecule has 0 spiro atoms. The van der Waals surface area contributed by atoms with E-state index >= 15 is 0 Å². The minimum Gasteiger partial charge on any atom is -0.506 e.